The molecule has 0 spiro atoms. The van der Waals surface area contributed by atoms with Gasteiger partial charge in [-0.3, -0.25) is 9.59 Å². The molecule has 2 amide bonds. The minimum absolute atomic E-state index is 0.0309. The first-order valence-corrected chi connectivity index (χ1v) is 7.63. The van der Waals surface area contributed by atoms with Crippen molar-refractivity contribution in [1.82, 2.24) is 5.32 Å². The summed E-state index contributed by atoms with van der Waals surface area (Å²) in [4.78, 5) is 23.6. The standard InChI is InChI=1S/C16H11Cl2F3N2O2/c17-11-3-1-2-9(6-11)8-22-14(24)15(25)23-13-7-10(16(19,20)21)4-5-12(13)18/h1-7H,8H2,(H,22,24)(H,23,25). The number of rotatable bonds is 3. The van der Waals surface area contributed by atoms with E-state index in [4.69, 9.17) is 23.2 Å². The molecule has 9 heteroatoms. The van der Waals surface area contributed by atoms with E-state index in [-0.39, 0.29) is 17.3 Å². The Kier molecular flexibility index (Phi) is 5.92. The molecule has 2 aromatic rings. The quantitative estimate of drug-likeness (QED) is 0.768. The predicted molar refractivity (Wildman–Crippen MR) is 88.4 cm³/mol. The van der Waals surface area contributed by atoms with E-state index in [1.54, 1.807) is 24.3 Å². The molecule has 4 nitrogen and oxygen atoms in total. The molecule has 2 rings (SSSR count). The molecule has 0 radical (unpaired) electrons. The van der Waals surface area contributed by atoms with E-state index in [1.807, 2.05) is 0 Å². The minimum Gasteiger partial charge on any atom is -0.344 e. The average Bonchev–Trinajstić information content (AvgIpc) is 2.53. The number of nitrogens with one attached hydrogen (secondary N) is 2. The zero-order valence-corrected chi connectivity index (χ0v) is 14.0. The fraction of sp³-hybridized carbons (Fsp3) is 0.125. The molecule has 0 heterocycles. The van der Waals surface area contributed by atoms with Crippen LogP contribution in [0.25, 0.3) is 0 Å². The summed E-state index contributed by atoms with van der Waals surface area (Å²) in [6.07, 6.45) is -4.60. The Morgan fingerprint density at radius 2 is 1.72 bits per heavy atom. The number of anilines is 1. The van der Waals surface area contributed by atoms with E-state index in [2.05, 4.69) is 10.6 Å². The van der Waals surface area contributed by atoms with Crippen LogP contribution in [-0.4, -0.2) is 11.8 Å². The second-order valence-corrected chi connectivity index (χ2v) is 5.80. The number of alkyl halides is 3. The van der Waals surface area contributed by atoms with Gasteiger partial charge >= 0.3 is 18.0 Å². The van der Waals surface area contributed by atoms with E-state index in [9.17, 15) is 22.8 Å². The van der Waals surface area contributed by atoms with Crippen molar-refractivity contribution in [3.8, 4) is 0 Å². The molecule has 2 aromatic carbocycles. The lowest BCUT2D eigenvalue weighted by Crippen LogP contribution is -2.35. The maximum Gasteiger partial charge on any atom is 0.416 e. The van der Waals surface area contributed by atoms with E-state index in [1.165, 1.54) is 0 Å². The number of amides is 2. The van der Waals surface area contributed by atoms with Gasteiger partial charge in [-0.1, -0.05) is 35.3 Å². The van der Waals surface area contributed by atoms with E-state index >= 15 is 0 Å². The Labute approximate surface area is 150 Å². The fourth-order valence-electron chi connectivity index (χ4n) is 1.89. The molecule has 0 aromatic heterocycles. The van der Waals surface area contributed by atoms with Crippen LogP contribution in [0.5, 0.6) is 0 Å². The van der Waals surface area contributed by atoms with Crippen LogP contribution in [-0.2, 0) is 22.3 Å². The van der Waals surface area contributed by atoms with Gasteiger partial charge in [0.1, 0.15) is 0 Å². The second-order valence-electron chi connectivity index (χ2n) is 4.96. The van der Waals surface area contributed by atoms with Crippen LogP contribution >= 0.6 is 23.2 Å². The first kappa shape index (κ1) is 19.1. The van der Waals surface area contributed by atoms with Crippen molar-refractivity contribution in [1.29, 1.82) is 0 Å². The molecular formula is C16H11Cl2F3N2O2. The van der Waals surface area contributed by atoms with Gasteiger partial charge in [0.15, 0.2) is 0 Å². The van der Waals surface area contributed by atoms with Crippen LogP contribution in [0.4, 0.5) is 18.9 Å². The van der Waals surface area contributed by atoms with Crippen LogP contribution in [0.3, 0.4) is 0 Å². The van der Waals surface area contributed by atoms with Crippen molar-refractivity contribution < 1.29 is 22.8 Å². The highest BCUT2D eigenvalue weighted by Crippen LogP contribution is 2.33. The number of benzene rings is 2. The maximum absolute atomic E-state index is 12.7. The Hall–Kier alpha value is -2.25. The molecule has 0 bridgehead atoms. The smallest absolute Gasteiger partial charge is 0.344 e. The van der Waals surface area contributed by atoms with Crippen molar-refractivity contribution in [3.05, 3.63) is 63.6 Å². The van der Waals surface area contributed by atoms with E-state index in [0.717, 1.165) is 12.1 Å². The lowest BCUT2D eigenvalue weighted by Gasteiger charge is -2.11. The number of halogens is 5. The third kappa shape index (κ3) is 5.37. The maximum atomic E-state index is 12.7. The molecule has 0 saturated carbocycles. The zero-order chi connectivity index (χ0) is 18.6. The Bertz CT molecular complexity index is 810. The summed E-state index contributed by atoms with van der Waals surface area (Å²) in [5, 5.41) is 4.74. The molecule has 0 fully saturated rings. The predicted octanol–water partition coefficient (Wildman–Crippen LogP) is 4.27. The zero-order valence-electron chi connectivity index (χ0n) is 12.5. The summed E-state index contributed by atoms with van der Waals surface area (Å²) >= 11 is 11.6. The Balaban J connectivity index is 2.02. The largest absolute Gasteiger partial charge is 0.416 e. The second kappa shape index (κ2) is 7.76. The van der Waals surface area contributed by atoms with Gasteiger partial charge in [0.25, 0.3) is 0 Å². The van der Waals surface area contributed by atoms with Crippen molar-refractivity contribution in [3.63, 3.8) is 0 Å². The van der Waals surface area contributed by atoms with Gasteiger partial charge < -0.3 is 10.6 Å². The summed E-state index contributed by atoms with van der Waals surface area (Å²) in [7, 11) is 0. The minimum atomic E-state index is -4.60. The third-order valence-corrected chi connectivity index (χ3v) is 3.65. The van der Waals surface area contributed by atoms with E-state index < -0.39 is 23.6 Å². The SMILES string of the molecule is O=C(NCc1cccc(Cl)c1)C(=O)Nc1cc(C(F)(F)F)ccc1Cl. The summed E-state index contributed by atoms with van der Waals surface area (Å²) < 4.78 is 38.1. The van der Waals surface area contributed by atoms with Crippen molar-refractivity contribution in [2.24, 2.45) is 0 Å². The van der Waals surface area contributed by atoms with Crippen LogP contribution < -0.4 is 10.6 Å². The first-order valence-electron chi connectivity index (χ1n) is 6.87. The number of carbonyl (C=O) groups is 2. The van der Waals surface area contributed by atoms with Crippen LogP contribution in [0.2, 0.25) is 10.0 Å². The molecule has 0 aliphatic heterocycles. The van der Waals surface area contributed by atoms with Crippen LogP contribution in [0.15, 0.2) is 42.5 Å². The van der Waals surface area contributed by atoms with Crippen molar-refractivity contribution >= 4 is 40.7 Å². The Morgan fingerprint density at radius 1 is 1.00 bits per heavy atom. The van der Waals surface area contributed by atoms with Crippen molar-refractivity contribution in [2.75, 3.05) is 5.32 Å². The first-order chi connectivity index (χ1) is 11.7. The van der Waals surface area contributed by atoms with Gasteiger partial charge in [0.2, 0.25) is 0 Å². The number of hydrogen-bond acceptors (Lipinski definition) is 2. The van der Waals surface area contributed by atoms with Crippen molar-refractivity contribution in [2.45, 2.75) is 12.7 Å². The van der Waals surface area contributed by atoms with Gasteiger partial charge in [-0.25, -0.2) is 0 Å². The lowest BCUT2D eigenvalue weighted by molar-refractivity contribution is -0.137. The molecule has 25 heavy (non-hydrogen) atoms. The van der Waals surface area contributed by atoms with E-state index in [0.29, 0.717) is 16.7 Å². The fourth-order valence-corrected chi connectivity index (χ4v) is 2.26. The number of hydrogen-bond donors (Lipinski definition) is 2. The molecule has 0 aliphatic carbocycles. The molecular weight excluding hydrogens is 380 g/mol. The Morgan fingerprint density at radius 3 is 2.36 bits per heavy atom. The molecule has 0 unspecified atom stereocenters. The summed E-state index contributed by atoms with van der Waals surface area (Å²) in [6, 6.07) is 9.03. The van der Waals surface area contributed by atoms with Gasteiger partial charge in [-0.2, -0.15) is 13.2 Å². The summed E-state index contributed by atoms with van der Waals surface area (Å²) in [5.41, 5.74) is -0.642. The van der Waals surface area contributed by atoms with Gasteiger partial charge in [0.05, 0.1) is 16.3 Å². The molecule has 0 atom stereocenters. The van der Waals surface area contributed by atoms with Gasteiger partial charge in [0, 0.05) is 11.6 Å². The average molecular weight is 391 g/mol. The molecule has 0 saturated heterocycles. The van der Waals surface area contributed by atoms with Gasteiger partial charge in [-0.15, -0.1) is 0 Å². The summed E-state index contributed by atoms with van der Waals surface area (Å²) in [5.74, 6) is -2.16. The molecule has 2 N–H and O–H groups in total. The monoisotopic (exact) mass is 390 g/mol. The topological polar surface area (TPSA) is 58.2 Å². The van der Waals surface area contributed by atoms with Crippen LogP contribution in [0.1, 0.15) is 11.1 Å². The van der Waals surface area contributed by atoms with Gasteiger partial charge in [-0.05, 0) is 35.9 Å². The molecule has 132 valence electrons. The molecule has 0 aliphatic rings. The highest BCUT2D eigenvalue weighted by Gasteiger charge is 2.31. The summed E-state index contributed by atoms with van der Waals surface area (Å²) in [6.45, 7) is 0.0309. The number of carbonyl (C=O) groups excluding carboxylic acids is 2. The highest BCUT2D eigenvalue weighted by atomic mass is 35.5. The third-order valence-electron chi connectivity index (χ3n) is 3.09. The normalized spacial score (nSPS) is 11.1. The lowest BCUT2D eigenvalue weighted by atomic mass is 10.2. The van der Waals surface area contributed by atoms with Crippen LogP contribution in [0, 0.1) is 0 Å². The highest BCUT2D eigenvalue weighted by molar-refractivity contribution is 6.41.